The SMILES string of the molecule is O=C1CCC/C=C\CCCC(=O)OCCCCO1. The zero-order valence-electron chi connectivity index (χ0n) is 10.9. The largest absolute Gasteiger partial charge is 0.466 e. The van der Waals surface area contributed by atoms with Crippen molar-refractivity contribution in [3.63, 3.8) is 0 Å². The molecule has 0 aromatic heterocycles. The summed E-state index contributed by atoms with van der Waals surface area (Å²) in [5, 5.41) is 0. The van der Waals surface area contributed by atoms with E-state index in [0.717, 1.165) is 38.5 Å². The highest BCUT2D eigenvalue weighted by molar-refractivity contribution is 5.69. The van der Waals surface area contributed by atoms with Crippen molar-refractivity contribution in [1.82, 2.24) is 0 Å². The van der Waals surface area contributed by atoms with E-state index in [4.69, 9.17) is 9.47 Å². The summed E-state index contributed by atoms with van der Waals surface area (Å²) in [4.78, 5) is 22.6. The van der Waals surface area contributed by atoms with Crippen molar-refractivity contribution in [2.24, 2.45) is 0 Å². The molecule has 0 aromatic carbocycles. The molecule has 1 aliphatic rings. The first-order valence-corrected chi connectivity index (χ1v) is 6.75. The number of cyclic esters (lactones) is 2. The highest BCUT2D eigenvalue weighted by Crippen LogP contribution is 2.05. The van der Waals surface area contributed by atoms with Gasteiger partial charge in [0.15, 0.2) is 0 Å². The van der Waals surface area contributed by atoms with Crippen molar-refractivity contribution in [2.45, 2.75) is 51.4 Å². The predicted molar refractivity (Wildman–Crippen MR) is 68.0 cm³/mol. The Morgan fingerprint density at radius 3 is 1.61 bits per heavy atom. The number of carbonyl (C=O) groups is 2. The monoisotopic (exact) mass is 254 g/mol. The molecule has 0 bridgehead atoms. The molecule has 4 nitrogen and oxygen atoms in total. The van der Waals surface area contributed by atoms with Crippen LogP contribution in [0.4, 0.5) is 0 Å². The number of carbonyl (C=O) groups excluding carboxylic acids is 2. The van der Waals surface area contributed by atoms with Gasteiger partial charge >= 0.3 is 11.9 Å². The van der Waals surface area contributed by atoms with Gasteiger partial charge in [0, 0.05) is 12.8 Å². The molecule has 0 atom stereocenters. The summed E-state index contributed by atoms with van der Waals surface area (Å²) in [6, 6.07) is 0. The van der Waals surface area contributed by atoms with Crippen molar-refractivity contribution in [2.75, 3.05) is 13.2 Å². The summed E-state index contributed by atoms with van der Waals surface area (Å²) in [5.41, 5.74) is 0. The lowest BCUT2D eigenvalue weighted by atomic mass is 10.2. The van der Waals surface area contributed by atoms with Crippen molar-refractivity contribution < 1.29 is 19.1 Å². The van der Waals surface area contributed by atoms with Crippen LogP contribution in [0.3, 0.4) is 0 Å². The van der Waals surface area contributed by atoms with Crippen molar-refractivity contribution >= 4 is 11.9 Å². The van der Waals surface area contributed by atoms with Gasteiger partial charge in [0.05, 0.1) is 13.2 Å². The Balaban J connectivity index is 2.29. The van der Waals surface area contributed by atoms with Gasteiger partial charge in [-0.15, -0.1) is 0 Å². The van der Waals surface area contributed by atoms with Crippen LogP contribution in [0.25, 0.3) is 0 Å². The zero-order chi connectivity index (χ0) is 13.1. The van der Waals surface area contributed by atoms with E-state index >= 15 is 0 Å². The van der Waals surface area contributed by atoms with Crippen LogP contribution in [-0.4, -0.2) is 25.2 Å². The van der Waals surface area contributed by atoms with E-state index in [0.29, 0.717) is 26.1 Å². The number of esters is 2. The number of allylic oxidation sites excluding steroid dienone is 2. The van der Waals surface area contributed by atoms with Gasteiger partial charge in [-0.2, -0.15) is 0 Å². The number of rotatable bonds is 0. The second-order valence-electron chi connectivity index (χ2n) is 4.40. The van der Waals surface area contributed by atoms with E-state index in [-0.39, 0.29) is 11.9 Å². The zero-order valence-corrected chi connectivity index (χ0v) is 10.9. The van der Waals surface area contributed by atoms with E-state index in [1.807, 2.05) is 0 Å². The lowest BCUT2D eigenvalue weighted by molar-refractivity contribution is -0.146. The lowest BCUT2D eigenvalue weighted by Crippen LogP contribution is -2.08. The van der Waals surface area contributed by atoms with Crippen LogP contribution in [0.15, 0.2) is 12.2 Å². The third-order valence-electron chi connectivity index (χ3n) is 2.73. The Hall–Kier alpha value is -1.32. The van der Waals surface area contributed by atoms with Gasteiger partial charge in [0.1, 0.15) is 0 Å². The standard InChI is InChI=1S/C14H22O4/c15-13-9-5-3-1-2-4-6-10-14(16)18-12-8-7-11-17-13/h1-2H,3-12H2/b2-1-. The van der Waals surface area contributed by atoms with E-state index in [2.05, 4.69) is 12.2 Å². The lowest BCUT2D eigenvalue weighted by Gasteiger charge is -2.06. The molecule has 1 aliphatic heterocycles. The van der Waals surface area contributed by atoms with Gasteiger partial charge in [-0.25, -0.2) is 0 Å². The molecule has 0 aromatic rings. The summed E-state index contributed by atoms with van der Waals surface area (Å²) in [5.74, 6) is -0.264. The Labute approximate surface area is 108 Å². The molecule has 0 spiro atoms. The fourth-order valence-corrected chi connectivity index (χ4v) is 1.68. The fourth-order valence-electron chi connectivity index (χ4n) is 1.68. The molecule has 0 amide bonds. The second-order valence-corrected chi connectivity index (χ2v) is 4.40. The maximum Gasteiger partial charge on any atom is 0.305 e. The Bertz CT molecular complexity index is 256. The minimum Gasteiger partial charge on any atom is -0.466 e. The fraction of sp³-hybridized carbons (Fsp3) is 0.714. The normalized spacial score (nSPS) is 22.9. The maximum absolute atomic E-state index is 11.3. The number of hydrogen-bond donors (Lipinski definition) is 0. The van der Waals surface area contributed by atoms with Crippen LogP contribution >= 0.6 is 0 Å². The molecule has 0 unspecified atom stereocenters. The summed E-state index contributed by atoms with van der Waals surface area (Å²) < 4.78 is 10.1. The van der Waals surface area contributed by atoms with Gasteiger partial charge in [-0.3, -0.25) is 9.59 Å². The summed E-state index contributed by atoms with van der Waals surface area (Å²) in [7, 11) is 0. The molecule has 0 radical (unpaired) electrons. The average molecular weight is 254 g/mol. The Morgan fingerprint density at radius 1 is 0.722 bits per heavy atom. The minimum atomic E-state index is -0.132. The van der Waals surface area contributed by atoms with Gasteiger partial charge in [-0.05, 0) is 38.5 Å². The molecular weight excluding hydrogens is 232 g/mol. The molecule has 18 heavy (non-hydrogen) atoms. The predicted octanol–water partition coefficient (Wildman–Crippen LogP) is 2.76. The Morgan fingerprint density at radius 2 is 1.17 bits per heavy atom. The van der Waals surface area contributed by atoms with Gasteiger partial charge in [0.25, 0.3) is 0 Å². The average Bonchev–Trinajstić information content (AvgIpc) is 2.35. The summed E-state index contributed by atoms with van der Waals surface area (Å²) in [6.07, 6.45) is 10.0. The molecule has 0 N–H and O–H groups in total. The van der Waals surface area contributed by atoms with Crippen LogP contribution in [0.1, 0.15) is 51.4 Å². The van der Waals surface area contributed by atoms with E-state index in [1.165, 1.54) is 0 Å². The van der Waals surface area contributed by atoms with Crippen LogP contribution < -0.4 is 0 Å². The van der Waals surface area contributed by atoms with Crippen LogP contribution in [-0.2, 0) is 19.1 Å². The van der Waals surface area contributed by atoms with Gasteiger partial charge in [-0.1, -0.05) is 12.2 Å². The Kier molecular flexibility index (Phi) is 7.93. The molecule has 1 heterocycles. The summed E-state index contributed by atoms with van der Waals surface area (Å²) >= 11 is 0. The molecule has 4 heteroatoms. The van der Waals surface area contributed by atoms with Crippen LogP contribution in [0.5, 0.6) is 0 Å². The van der Waals surface area contributed by atoms with E-state index in [1.54, 1.807) is 0 Å². The number of ether oxygens (including phenoxy) is 2. The van der Waals surface area contributed by atoms with Gasteiger partial charge in [0.2, 0.25) is 0 Å². The highest BCUT2D eigenvalue weighted by Gasteiger charge is 2.04. The second kappa shape index (κ2) is 9.68. The van der Waals surface area contributed by atoms with Crippen molar-refractivity contribution in [1.29, 1.82) is 0 Å². The van der Waals surface area contributed by atoms with Crippen LogP contribution in [0.2, 0.25) is 0 Å². The molecule has 0 saturated carbocycles. The minimum absolute atomic E-state index is 0.132. The molecule has 0 aliphatic carbocycles. The molecule has 102 valence electrons. The molecule has 1 rings (SSSR count). The highest BCUT2D eigenvalue weighted by atomic mass is 16.5. The first-order chi connectivity index (χ1) is 8.79. The summed E-state index contributed by atoms with van der Waals surface area (Å²) in [6.45, 7) is 0.846. The van der Waals surface area contributed by atoms with Crippen LogP contribution in [0, 0.1) is 0 Å². The first kappa shape index (κ1) is 14.7. The first-order valence-electron chi connectivity index (χ1n) is 6.75. The van der Waals surface area contributed by atoms with Crippen molar-refractivity contribution in [3.05, 3.63) is 12.2 Å². The molecule has 0 fully saturated rings. The third kappa shape index (κ3) is 7.87. The van der Waals surface area contributed by atoms with Gasteiger partial charge < -0.3 is 9.47 Å². The smallest absolute Gasteiger partial charge is 0.305 e. The maximum atomic E-state index is 11.3. The van der Waals surface area contributed by atoms with E-state index < -0.39 is 0 Å². The van der Waals surface area contributed by atoms with E-state index in [9.17, 15) is 9.59 Å². The molecule has 0 saturated heterocycles. The quantitative estimate of drug-likeness (QED) is 0.492. The third-order valence-corrected chi connectivity index (χ3v) is 2.73. The topological polar surface area (TPSA) is 52.6 Å². The van der Waals surface area contributed by atoms with Crippen molar-refractivity contribution in [3.8, 4) is 0 Å². The number of hydrogen-bond acceptors (Lipinski definition) is 4. The molecular formula is C14H22O4.